The van der Waals surface area contributed by atoms with Crippen LogP contribution in [0.15, 0.2) is 108 Å². The predicted molar refractivity (Wildman–Crippen MR) is 154 cm³/mol. The third kappa shape index (κ3) is 5.79. The number of sulfonamides is 1. The fraction of sp³-hybridized carbons (Fsp3) is 0.194. The Labute approximate surface area is 234 Å². The number of carbonyl (C=O) groups is 1. The highest BCUT2D eigenvalue weighted by molar-refractivity contribution is 7.92. The maximum absolute atomic E-state index is 14.0. The van der Waals surface area contributed by atoms with Gasteiger partial charge in [-0.05, 0) is 66.2 Å². The van der Waals surface area contributed by atoms with Crippen molar-refractivity contribution in [2.45, 2.75) is 11.4 Å². The van der Waals surface area contributed by atoms with Gasteiger partial charge in [0, 0.05) is 31.9 Å². The molecule has 4 aromatic carbocycles. The summed E-state index contributed by atoms with van der Waals surface area (Å²) in [6.07, 6.45) is 0. The number of amides is 1. The lowest BCUT2D eigenvalue weighted by molar-refractivity contribution is 0.0747. The van der Waals surface area contributed by atoms with E-state index in [0.29, 0.717) is 43.2 Å². The van der Waals surface area contributed by atoms with Crippen LogP contribution < -0.4 is 13.9 Å². The standard InChI is InChI=1S/C31H30FN3O4S/c1-39-27-15-17-28(18-16-27)40(37,38)35(23-24-7-3-2-4-8-24)30-10-6-5-9-29(30)31(36)34-21-19-33(20-22-34)26-13-11-25(32)12-14-26/h2-18H,19-23H2,1H3. The fourth-order valence-corrected chi connectivity index (χ4v) is 6.26. The zero-order chi connectivity index (χ0) is 28.1. The van der Waals surface area contributed by atoms with E-state index in [1.165, 1.54) is 35.7 Å². The van der Waals surface area contributed by atoms with Crippen LogP contribution in [0.2, 0.25) is 0 Å². The minimum Gasteiger partial charge on any atom is -0.497 e. The van der Waals surface area contributed by atoms with Crippen LogP contribution in [0.25, 0.3) is 0 Å². The van der Waals surface area contributed by atoms with Crippen LogP contribution in [0.4, 0.5) is 15.8 Å². The summed E-state index contributed by atoms with van der Waals surface area (Å²) < 4.78 is 47.9. The van der Waals surface area contributed by atoms with E-state index in [0.717, 1.165) is 11.3 Å². The molecule has 40 heavy (non-hydrogen) atoms. The zero-order valence-electron chi connectivity index (χ0n) is 22.1. The molecule has 0 unspecified atom stereocenters. The number of methoxy groups -OCH3 is 1. The Kier molecular flexibility index (Phi) is 8.02. The fourth-order valence-electron chi connectivity index (χ4n) is 4.79. The van der Waals surface area contributed by atoms with E-state index in [1.807, 2.05) is 30.3 Å². The Balaban J connectivity index is 1.45. The van der Waals surface area contributed by atoms with Crippen molar-refractivity contribution in [3.05, 3.63) is 120 Å². The molecule has 1 amide bonds. The Bertz CT molecular complexity index is 1550. The molecule has 206 valence electrons. The predicted octanol–water partition coefficient (Wildman–Crippen LogP) is 5.19. The summed E-state index contributed by atoms with van der Waals surface area (Å²) >= 11 is 0. The third-order valence-electron chi connectivity index (χ3n) is 6.98. The highest BCUT2D eigenvalue weighted by atomic mass is 32.2. The van der Waals surface area contributed by atoms with Gasteiger partial charge in [-0.2, -0.15) is 0 Å². The first-order valence-corrected chi connectivity index (χ1v) is 14.4. The van der Waals surface area contributed by atoms with Crippen LogP contribution in [0.3, 0.4) is 0 Å². The van der Waals surface area contributed by atoms with Gasteiger partial charge in [-0.15, -0.1) is 0 Å². The molecule has 0 atom stereocenters. The van der Waals surface area contributed by atoms with Crippen LogP contribution in [0, 0.1) is 5.82 Å². The lowest BCUT2D eigenvalue weighted by Gasteiger charge is -2.37. The van der Waals surface area contributed by atoms with Gasteiger partial charge in [0.25, 0.3) is 15.9 Å². The molecular formula is C31H30FN3O4S. The van der Waals surface area contributed by atoms with E-state index < -0.39 is 10.0 Å². The third-order valence-corrected chi connectivity index (χ3v) is 8.75. The molecule has 0 bridgehead atoms. The number of hydrogen-bond acceptors (Lipinski definition) is 5. The van der Waals surface area contributed by atoms with Gasteiger partial charge in [-0.3, -0.25) is 9.10 Å². The van der Waals surface area contributed by atoms with Gasteiger partial charge in [-0.1, -0.05) is 42.5 Å². The number of para-hydroxylation sites is 1. The molecule has 1 aliphatic rings. The van der Waals surface area contributed by atoms with Gasteiger partial charge in [0.05, 0.1) is 29.8 Å². The summed E-state index contributed by atoms with van der Waals surface area (Å²) in [5.74, 6) is 0.0140. The van der Waals surface area contributed by atoms with E-state index in [1.54, 1.807) is 53.4 Å². The highest BCUT2D eigenvalue weighted by Crippen LogP contribution is 2.31. The number of anilines is 2. The van der Waals surface area contributed by atoms with Crippen LogP contribution in [0.5, 0.6) is 5.75 Å². The lowest BCUT2D eigenvalue weighted by Crippen LogP contribution is -2.49. The van der Waals surface area contributed by atoms with Crippen molar-refractivity contribution in [1.82, 2.24) is 4.90 Å². The molecular weight excluding hydrogens is 529 g/mol. The van der Waals surface area contributed by atoms with Gasteiger partial charge in [-0.25, -0.2) is 12.8 Å². The first kappa shape index (κ1) is 27.2. The van der Waals surface area contributed by atoms with Gasteiger partial charge >= 0.3 is 0 Å². The first-order chi connectivity index (χ1) is 19.4. The van der Waals surface area contributed by atoms with Crippen LogP contribution in [0.1, 0.15) is 15.9 Å². The molecule has 1 saturated heterocycles. The average Bonchev–Trinajstić information content (AvgIpc) is 3.00. The molecule has 0 aromatic heterocycles. The van der Waals surface area contributed by atoms with Crippen LogP contribution in [-0.2, 0) is 16.6 Å². The Morgan fingerprint density at radius 3 is 2.10 bits per heavy atom. The Hall–Kier alpha value is -4.37. The number of piperazine rings is 1. The summed E-state index contributed by atoms with van der Waals surface area (Å²) in [7, 11) is -2.52. The maximum atomic E-state index is 14.0. The largest absolute Gasteiger partial charge is 0.497 e. The summed E-state index contributed by atoms with van der Waals surface area (Å²) in [4.78, 5) is 17.8. The topological polar surface area (TPSA) is 70.2 Å². The van der Waals surface area contributed by atoms with E-state index in [4.69, 9.17) is 4.74 Å². The molecule has 0 saturated carbocycles. The molecule has 0 aliphatic carbocycles. The summed E-state index contributed by atoms with van der Waals surface area (Å²) in [5.41, 5.74) is 2.31. The second kappa shape index (κ2) is 11.8. The molecule has 4 aromatic rings. The summed E-state index contributed by atoms with van der Waals surface area (Å²) in [5, 5.41) is 0. The molecule has 0 radical (unpaired) electrons. The normalized spacial score (nSPS) is 13.7. The van der Waals surface area contributed by atoms with Crippen molar-refractivity contribution in [3.63, 3.8) is 0 Å². The quantitative estimate of drug-likeness (QED) is 0.297. The number of ether oxygens (including phenoxy) is 1. The zero-order valence-corrected chi connectivity index (χ0v) is 22.9. The minimum atomic E-state index is -4.04. The minimum absolute atomic E-state index is 0.0534. The number of carbonyl (C=O) groups excluding carboxylic acids is 1. The lowest BCUT2D eigenvalue weighted by atomic mass is 10.1. The molecule has 1 aliphatic heterocycles. The molecule has 9 heteroatoms. The second-order valence-electron chi connectivity index (χ2n) is 9.45. The van der Waals surface area contributed by atoms with E-state index >= 15 is 0 Å². The number of rotatable bonds is 8. The summed E-state index contributed by atoms with van der Waals surface area (Å²) in [6, 6.07) is 28.6. The highest BCUT2D eigenvalue weighted by Gasteiger charge is 2.31. The van der Waals surface area contributed by atoms with Crippen molar-refractivity contribution in [1.29, 1.82) is 0 Å². The van der Waals surface area contributed by atoms with Gasteiger partial charge in [0.15, 0.2) is 0 Å². The number of hydrogen-bond donors (Lipinski definition) is 0. The molecule has 0 N–H and O–H groups in total. The van der Waals surface area contributed by atoms with Crippen molar-refractivity contribution >= 4 is 27.3 Å². The van der Waals surface area contributed by atoms with Crippen molar-refractivity contribution in [2.75, 3.05) is 42.5 Å². The van der Waals surface area contributed by atoms with Gasteiger partial charge < -0.3 is 14.5 Å². The molecule has 1 fully saturated rings. The second-order valence-corrected chi connectivity index (χ2v) is 11.3. The Morgan fingerprint density at radius 2 is 1.45 bits per heavy atom. The van der Waals surface area contributed by atoms with Gasteiger partial charge in [0.1, 0.15) is 11.6 Å². The molecule has 7 nitrogen and oxygen atoms in total. The number of benzene rings is 4. The smallest absolute Gasteiger partial charge is 0.264 e. The molecule has 0 spiro atoms. The SMILES string of the molecule is COc1ccc(S(=O)(=O)N(Cc2ccccc2)c2ccccc2C(=O)N2CCN(c3ccc(F)cc3)CC2)cc1. The van der Waals surface area contributed by atoms with Crippen LogP contribution >= 0.6 is 0 Å². The van der Waals surface area contributed by atoms with Crippen molar-refractivity contribution in [3.8, 4) is 5.75 Å². The van der Waals surface area contributed by atoms with E-state index in [-0.39, 0.29) is 23.2 Å². The van der Waals surface area contributed by atoms with Crippen LogP contribution in [-0.4, -0.2) is 52.5 Å². The van der Waals surface area contributed by atoms with Crippen molar-refractivity contribution in [2.24, 2.45) is 0 Å². The maximum Gasteiger partial charge on any atom is 0.264 e. The summed E-state index contributed by atoms with van der Waals surface area (Å²) in [6.45, 7) is 2.12. The monoisotopic (exact) mass is 559 g/mol. The number of halogens is 1. The van der Waals surface area contributed by atoms with E-state index in [2.05, 4.69) is 4.90 Å². The first-order valence-electron chi connectivity index (χ1n) is 13.0. The van der Waals surface area contributed by atoms with E-state index in [9.17, 15) is 17.6 Å². The molecule has 1 heterocycles. The number of nitrogens with zero attached hydrogens (tertiary/aromatic N) is 3. The average molecular weight is 560 g/mol. The molecule has 5 rings (SSSR count). The van der Waals surface area contributed by atoms with Crippen molar-refractivity contribution < 1.29 is 22.3 Å². The van der Waals surface area contributed by atoms with Gasteiger partial charge in [0.2, 0.25) is 0 Å². The Morgan fingerprint density at radius 1 is 0.825 bits per heavy atom.